The fourth-order valence-corrected chi connectivity index (χ4v) is 5.16. The van der Waals surface area contributed by atoms with Crippen LogP contribution in [0.15, 0.2) is 108 Å². The van der Waals surface area contributed by atoms with Gasteiger partial charge in [-0.3, -0.25) is 9.35 Å². The van der Waals surface area contributed by atoms with Gasteiger partial charge in [0, 0.05) is 17.2 Å². The van der Waals surface area contributed by atoms with Crippen molar-refractivity contribution in [1.29, 1.82) is 0 Å². The highest BCUT2D eigenvalue weighted by molar-refractivity contribution is 7.85. The molecule has 10 N–H and O–H groups in total. The minimum atomic E-state index is -4.81. The number of nitrogens with zero attached hydrogens (tertiary/aromatic N) is 2. The van der Waals surface area contributed by atoms with Crippen LogP contribution >= 0.6 is 0 Å². The van der Waals surface area contributed by atoms with Gasteiger partial charge < -0.3 is 37.0 Å². The molecule has 0 aliphatic carbocycles. The number of nitrogen functional groups attached to an aromatic ring is 1. The number of halogens is 3. The summed E-state index contributed by atoms with van der Waals surface area (Å²) in [6.45, 7) is 1.84. The van der Waals surface area contributed by atoms with Crippen LogP contribution in [0.3, 0.4) is 0 Å². The number of methoxy groups -OCH3 is 1. The fourth-order valence-electron chi connectivity index (χ4n) is 4.68. The van der Waals surface area contributed by atoms with Crippen molar-refractivity contribution in [2.45, 2.75) is 36.6 Å². The van der Waals surface area contributed by atoms with Crippen molar-refractivity contribution in [3.05, 3.63) is 120 Å². The standard InChI is InChI=1S/C28H25F3N4O4.C7H8O3S.2H2O/c1-38-23-14-19(17-5-3-2-4-6-17)11-12-20(23)25(28(29,30)31)39-24-15-22(34-27(33)35-24)18-9-7-16(8-10-18)13-21(32)26(36)37;1-6-2-4-7(5-3-6)11(8,9)10;;/h2-12,14-15,21,25H,13,32H2,1H3,(H,36,37)(H2,33,34,35);2-5H,1H3,(H,8,9,10);2*1H2/t21-,25+;;;/m0.../s1. The molecule has 0 spiro atoms. The van der Waals surface area contributed by atoms with Gasteiger partial charge in [-0.25, -0.2) is 4.98 Å². The normalized spacial score (nSPS) is 12.1. The molecule has 2 atom stereocenters. The Morgan fingerprint density at radius 1 is 0.865 bits per heavy atom. The number of carboxylic acid groups (broad SMARTS) is 1. The molecule has 17 heteroatoms. The van der Waals surface area contributed by atoms with Crippen molar-refractivity contribution in [3.8, 4) is 34.0 Å². The zero-order valence-electron chi connectivity index (χ0n) is 27.7. The smallest absolute Gasteiger partial charge is 0.429 e. The number of aromatic nitrogens is 2. The largest absolute Gasteiger partial charge is 0.496 e. The molecule has 0 radical (unpaired) electrons. The lowest BCUT2D eigenvalue weighted by Gasteiger charge is -2.24. The van der Waals surface area contributed by atoms with Crippen molar-refractivity contribution in [2.75, 3.05) is 12.8 Å². The zero-order valence-corrected chi connectivity index (χ0v) is 28.5. The van der Waals surface area contributed by atoms with E-state index >= 15 is 0 Å². The Morgan fingerprint density at radius 3 is 2.00 bits per heavy atom. The summed E-state index contributed by atoms with van der Waals surface area (Å²) in [5.41, 5.74) is 15.0. The first kappa shape index (κ1) is 42.6. The second-order valence-electron chi connectivity index (χ2n) is 10.9. The molecule has 1 heterocycles. The highest BCUT2D eigenvalue weighted by Crippen LogP contribution is 2.42. The average Bonchev–Trinajstić information content (AvgIpc) is 3.07. The number of hydrogen-bond donors (Lipinski definition) is 4. The summed E-state index contributed by atoms with van der Waals surface area (Å²) in [5, 5.41) is 8.99. The van der Waals surface area contributed by atoms with Crippen molar-refractivity contribution >= 4 is 22.0 Å². The lowest BCUT2D eigenvalue weighted by molar-refractivity contribution is -0.199. The molecule has 0 fully saturated rings. The van der Waals surface area contributed by atoms with Gasteiger partial charge in [0.1, 0.15) is 11.8 Å². The summed E-state index contributed by atoms with van der Waals surface area (Å²) in [4.78, 5) is 18.9. The van der Waals surface area contributed by atoms with Gasteiger partial charge in [0.2, 0.25) is 17.9 Å². The Bertz CT molecular complexity index is 2030. The van der Waals surface area contributed by atoms with Gasteiger partial charge in [0.05, 0.1) is 17.7 Å². The van der Waals surface area contributed by atoms with E-state index in [9.17, 15) is 26.4 Å². The van der Waals surface area contributed by atoms with E-state index in [2.05, 4.69) is 9.97 Å². The van der Waals surface area contributed by atoms with Crippen LogP contribution in [-0.4, -0.2) is 64.3 Å². The molecule has 278 valence electrons. The van der Waals surface area contributed by atoms with E-state index in [1.54, 1.807) is 42.5 Å². The third-order valence-corrected chi connectivity index (χ3v) is 8.09. The van der Waals surface area contributed by atoms with Crippen LogP contribution in [-0.2, 0) is 21.3 Å². The number of aliphatic carboxylic acids is 1. The molecule has 52 heavy (non-hydrogen) atoms. The Kier molecular flexibility index (Phi) is 14.8. The Balaban J connectivity index is 0.000000618. The monoisotopic (exact) mass is 746 g/mol. The quantitative estimate of drug-likeness (QED) is 0.143. The lowest BCUT2D eigenvalue weighted by atomic mass is 10.0. The van der Waals surface area contributed by atoms with Crippen LogP contribution in [0.1, 0.15) is 22.8 Å². The predicted molar refractivity (Wildman–Crippen MR) is 187 cm³/mol. The summed E-state index contributed by atoms with van der Waals surface area (Å²) in [6.07, 6.45) is -7.11. The maximum absolute atomic E-state index is 14.3. The maximum Gasteiger partial charge on any atom is 0.429 e. The first-order valence-corrected chi connectivity index (χ1v) is 16.2. The molecular formula is C35H37F3N4O9S. The van der Waals surface area contributed by atoms with E-state index in [0.29, 0.717) is 16.7 Å². The molecule has 0 aliphatic heterocycles. The number of ether oxygens (including phenoxy) is 2. The highest BCUT2D eigenvalue weighted by Gasteiger charge is 2.45. The summed E-state index contributed by atoms with van der Waals surface area (Å²) < 4.78 is 83.0. The SMILES string of the molecule is COc1cc(-c2ccccc2)ccc1[C@@H](Oc1cc(-c2ccc(C[C@H](N)C(=O)O)cc2)nc(N)n1)C(F)(F)F.Cc1ccc(S(=O)(=O)O)cc1.O.O. The topological polar surface area (TPSA) is 251 Å². The summed E-state index contributed by atoms with van der Waals surface area (Å²) in [5.74, 6) is -1.80. The molecule has 1 aromatic heterocycles. The van der Waals surface area contributed by atoms with E-state index in [4.69, 9.17) is 30.6 Å². The van der Waals surface area contributed by atoms with Gasteiger partial charge in [0.25, 0.3) is 10.1 Å². The minimum absolute atomic E-state index is 0. The van der Waals surface area contributed by atoms with Gasteiger partial charge in [-0.2, -0.15) is 26.6 Å². The molecule has 5 rings (SSSR count). The number of carboxylic acids is 1. The van der Waals surface area contributed by atoms with Gasteiger partial charge in [-0.05, 0) is 48.2 Å². The summed E-state index contributed by atoms with van der Waals surface area (Å²) in [7, 11) is -2.73. The molecule has 0 amide bonds. The second-order valence-corrected chi connectivity index (χ2v) is 12.4. The first-order valence-electron chi connectivity index (χ1n) is 14.8. The minimum Gasteiger partial charge on any atom is -0.496 e. The molecule has 0 bridgehead atoms. The van der Waals surface area contributed by atoms with Gasteiger partial charge in [-0.15, -0.1) is 0 Å². The van der Waals surface area contributed by atoms with Gasteiger partial charge >= 0.3 is 12.1 Å². The van der Waals surface area contributed by atoms with Gasteiger partial charge in [-0.1, -0.05) is 84.4 Å². The molecular weight excluding hydrogens is 709 g/mol. The molecule has 5 aromatic rings. The van der Waals surface area contributed by atoms with Gasteiger partial charge in [0.15, 0.2) is 0 Å². The fraction of sp³-hybridized carbons (Fsp3) is 0.171. The number of anilines is 1. The predicted octanol–water partition coefficient (Wildman–Crippen LogP) is 4.63. The van der Waals surface area contributed by atoms with Crippen LogP contribution in [0.5, 0.6) is 11.6 Å². The van der Waals surface area contributed by atoms with Crippen molar-refractivity contribution < 1.29 is 56.5 Å². The number of rotatable bonds is 10. The van der Waals surface area contributed by atoms with Crippen molar-refractivity contribution in [1.82, 2.24) is 9.97 Å². The lowest BCUT2D eigenvalue weighted by Crippen LogP contribution is -2.32. The Labute approximate surface area is 297 Å². The number of carbonyl (C=O) groups is 1. The third-order valence-electron chi connectivity index (χ3n) is 7.22. The molecule has 0 saturated carbocycles. The zero-order chi connectivity index (χ0) is 36.6. The van der Waals surface area contributed by atoms with Crippen LogP contribution < -0.4 is 20.9 Å². The van der Waals surface area contributed by atoms with Crippen LogP contribution in [0.2, 0.25) is 0 Å². The summed E-state index contributed by atoms with van der Waals surface area (Å²) >= 11 is 0. The van der Waals surface area contributed by atoms with E-state index in [-0.39, 0.29) is 51.1 Å². The Hall–Kier alpha value is -5.59. The van der Waals surface area contributed by atoms with Crippen LogP contribution in [0, 0.1) is 6.92 Å². The first-order chi connectivity index (χ1) is 23.5. The number of hydrogen-bond acceptors (Lipinski definition) is 9. The third kappa shape index (κ3) is 11.5. The Morgan fingerprint density at radius 2 is 1.46 bits per heavy atom. The molecule has 0 saturated heterocycles. The van der Waals surface area contributed by atoms with E-state index in [0.717, 1.165) is 11.1 Å². The van der Waals surface area contributed by atoms with Crippen molar-refractivity contribution in [2.24, 2.45) is 5.73 Å². The van der Waals surface area contributed by atoms with E-state index in [1.165, 1.54) is 37.4 Å². The molecule has 13 nitrogen and oxygen atoms in total. The average molecular weight is 747 g/mol. The second kappa shape index (κ2) is 18.1. The molecule has 4 aromatic carbocycles. The highest BCUT2D eigenvalue weighted by atomic mass is 32.2. The molecule has 0 unspecified atom stereocenters. The summed E-state index contributed by atoms with van der Waals surface area (Å²) in [6, 6.07) is 26.3. The number of benzene rings is 4. The number of aryl methyl sites for hydroxylation is 1. The number of nitrogens with two attached hydrogens (primary N) is 2. The molecule has 0 aliphatic rings. The number of alkyl halides is 3. The van der Waals surface area contributed by atoms with E-state index in [1.807, 2.05) is 37.3 Å². The van der Waals surface area contributed by atoms with Crippen LogP contribution in [0.25, 0.3) is 22.4 Å². The van der Waals surface area contributed by atoms with Crippen LogP contribution in [0.4, 0.5) is 19.1 Å². The maximum atomic E-state index is 14.3. The van der Waals surface area contributed by atoms with E-state index < -0.39 is 34.4 Å². The van der Waals surface area contributed by atoms with Crippen molar-refractivity contribution in [3.63, 3.8) is 0 Å².